The minimum absolute atomic E-state index is 0. The maximum Gasteiger partial charge on any atom is 0.244 e. The summed E-state index contributed by atoms with van der Waals surface area (Å²) >= 11 is 0. The van der Waals surface area contributed by atoms with E-state index in [1.54, 1.807) is 17.9 Å². The Morgan fingerprint density at radius 3 is 2.48 bits per heavy atom. The van der Waals surface area contributed by atoms with Crippen molar-refractivity contribution in [3.8, 4) is 0 Å². The van der Waals surface area contributed by atoms with Crippen molar-refractivity contribution < 1.29 is 4.79 Å². The molecular weight excluding hydrogens is 337 g/mol. The number of nitrogens with two attached hydrogens (primary N) is 1. The van der Waals surface area contributed by atoms with Gasteiger partial charge in [0.05, 0.1) is 12.1 Å². The van der Waals surface area contributed by atoms with Crippen LogP contribution < -0.4 is 11.1 Å². The van der Waals surface area contributed by atoms with Crippen molar-refractivity contribution in [3.63, 3.8) is 0 Å². The second-order valence-electron chi connectivity index (χ2n) is 5.41. The summed E-state index contributed by atoms with van der Waals surface area (Å²) in [6, 6.07) is 7.63. The lowest BCUT2D eigenvalue weighted by atomic mass is 9.96. The largest absolute Gasteiger partial charge is 0.325 e. The number of hydrogen-bond donors (Lipinski definition) is 2. The average molecular weight is 360 g/mol. The van der Waals surface area contributed by atoms with Crippen LogP contribution in [0.2, 0.25) is 0 Å². The third-order valence-corrected chi connectivity index (χ3v) is 3.31. The maximum atomic E-state index is 12.1. The summed E-state index contributed by atoms with van der Waals surface area (Å²) in [5, 5.41) is 6.91. The van der Waals surface area contributed by atoms with Crippen molar-refractivity contribution in [1.29, 1.82) is 0 Å². The molecule has 128 valence electrons. The molecule has 23 heavy (non-hydrogen) atoms. The number of rotatable bonds is 6. The number of anilines is 1. The molecule has 0 aliphatic carbocycles. The highest BCUT2D eigenvalue weighted by Gasteiger charge is 2.26. The van der Waals surface area contributed by atoms with Crippen molar-refractivity contribution in [2.45, 2.75) is 38.8 Å². The zero-order valence-corrected chi connectivity index (χ0v) is 14.9. The van der Waals surface area contributed by atoms with E-state index in [9.17, 15) is 4.79 Å². The lowest BCUT2D eigenvalue weighted by Gasteiger charge is -2.22. The van der Waals surface area contributed by atoms with Gasteiger partial charge < -0.3 is 11.1 Å². The number of nitrogens with one attached hydrogen (secondary N) is 1. The fraction of sp³-hybridized carbons (Fsp3) is 0.400. The SMILES string of the molecule is CCCC(C)(N)C(=O)Nc1ccc(Cn2cncn2)cc1.Cl.Cl. The molecule has 2 rings (SSSR count). The Hall–Kier alpha value is -1.63. The zero-order valence-electron chi connectivity index (χ0n) is 13.2. The number of amides is 1. The molecule has 1 heterocycles. The molecule has 2 aromatic rings. The molecule has 6 nitrogen and oxygen atoms in total. The van der Waals surface area contributed by atoms with Crippen LogP contribution in [0.5, 0.6) is 0 Å². The van der Waals surface area contributed by atoms with Crippen molar-refractivity contribution >= 4 is 36.4 Å². The second-order valence-corrected chi connectivity index (χ2v) is 5.41. The quantitative estimate of drug-likeness (QED) is 0.829. The number of aromatic nitrogens is 3. The topological polar surface area (TPSA) is 85.8 Å². The smallest absolute Gasteiger partial charge is 0.244 e. The van der Waals surface area contributed by atoms with Gasteiger partial charge in [0.1, 0.15) is 12.7 Å². The molecule has 0 radical (unpaired) electrons. The van der Waals surface area contributed by atoms with Gasteiger partial charge in [0.2, 0.25) is 5.91 Å². The van der Waals surface area contributed by atoms with E-state index in [1.165, 1.54) is 6.33 Å². The highest BCUT2D eigenvalue weighted by atomic mass is 35.5. The molecule has 8 heteroatoms. The number of hydrogen-bond acceptors (Lipinski definition) is 4. The first-order valence-electron chi connectivity index (χ1n) is 7.03. The third-order valence-electron chi connectivity index (χ3n) is 3.31. The molecule has 0 bridgehead atoms. The highest BCUT2D eigenvalue weighted by molar-refractivity contribution is 5.97. The molecular formula is C15H23Cl2N5O. The Kier molecular flexibility index (Phi) is 8.82. The fourth-order valence-corrected chi connectivity index (χ4v) is 2.10. The second kappa shape index (κ2) is 9.50. The van der Waals surface area contributed by atoms with E-state index in [2.05, 4.69) is 15.4 Å². The summed E-state index contributed by atoms with van der Waals surface area (Å²) in [6.45, 7) is 4.42. The van der Waals surface area contributed by atoms with Crippen molar-refractivity contribution in [3.05, 3.63) is 42.5 Å². The predicted octanol–water partition coefficient (Wildman–Crippen LogP) is 2.63. The van der Waals surface area contributed by atoms with E-state index in [0.717, 1.165) is 17.7 Å². The summed E-state index contributed by atoms with van der Waals surface area (Å²) in [5.74, 6) is -0.159. The Morgan fingerprint density at radius 2 is 1.96 bits per heavy atom. The summed E-state index contributed by atoms with van der Waals surface area (Å²) in [7, 11) is 0. The highest BCUT2D eigenvalue weighted by Crippen LogP contribution is 2.15. The number of benzene rings is 1. The van der Waals surface area contributed by atoms with Crippen LogP contribution in [-0.2, 0) is 11.3 Å². The Morgan fingerprint density at radius 1 is 1.30 bits per heavy atom. The van der Waals surface area contributed by atoms with E-state index in [-0.39, 0.29) is 30.7 Å². The van der Waals surface area contributed by atoms with Gasteiger partial charge in [-0.3, -0.25) is 4.79 Å². The van der Waals surface area contributed by atoms with Crippen molar-refractivity contribution in [2.24, 2.45) is 5.73 Å². The summed E-state index contributed by atoms with van der Waals surface area (Å²) < 4.78 is 1.74. The molecule has 1 aromatic heterocycles. The summed E-state index contributed by atoms with van der Waals surface area (Å²) in [4.78, 5) is 16.0. The van der Waals surface area contributed by atoms with E-state index in [0.29, 0.717) is 13.0 Å². The Balaban J connectivity index is 0.00000242. The molecule has 1 unspecified atom stereocenters. The summed E-state index contributed by atoms with van der Waals surface area (Å²) in [5.41, 5.74) is 7.00. The minimum atomic E-state index is -0.839. The van der Waals surface area contributed by atoms with Gasteiger partial charge in [-0.1, -0.05) is 25.5 Å². The van der Waals surface area contributed by atoms with Gasteiger partial charge >= 0.3 is 0 Å². The van der Waals surface area contributed by atoms with Crippen LogP contribution >= 0.6 is 24.8 Å². The number of halogens is 2. The van der Waals surface area contributed by atoms with Gasteiger partial charge in [-0.2, -0.15) is 5.10 Å². The van der Waals surface area contributed by atoms with Crippen LogP contribution in [-0.4, -0.2) is 26.2 Å². The molecule has 1 aromatic carbocycles. The van der Waals surface area contributed by atoms with Crippen LogP contribution in [0.25, 0.3) is 0 Å². The molecule has 0 aliphatic rings. The van der Waals surface area contributed by atoms with Crippen LogP contribution in [0.15, 0.2) is 36.9 Å². The molecule has 0 aliphatic heterocycles. The standard InChI is InChI=1S/C15H21N5O.2ClH/c1-3-8-15(2,16)14(21)19-13-6-4-12(5-7-13)9-20-11-17-10-18-20;;/h4-7,10-11H,3,8-9,16H2,1-2H3,(H,19,21);2*1H. The first-order valence-corrected chi connectivity index (χ1v) is 7.03. The van der Waals surface area contributed by atoms with E-state index in [1.807, 2.05) is 31.2 Å². The van der Waals surface area contributed by atoms with Gasteiger partial charge in [0.25, 0.3) is 0 Å². The van der Waals surface area contributed by atoms with Gasteiger partial charge in [-0.15, -0.1) is 24.8 Å². The minimum Gasteiger partial charge on any atom is -0.325 e. The van der Waals surface area contributed by atoms with Crippen LogP contribution in [0.4, 0.5) is 5.69 Å². The lowest BCUT2D eigenvalue weighted by molar-refractivity contribution is -0.120. The van der Waals surface area contributed by atoms with E-state index >= 15 is 0 Å². The van der Waals surface area contributed by atoms with E-state index in [4.69, 9.17) is 5.73 Å². The first-order chi connectivity index (χ1) is 10.0. The zero-order chi connectivity index (χ0) is 15.3. The Labute approximate surface area is 148 Å². The normalized spacial score (nSPS) is 12.5. The monoisotopic (exact) mass is 359 g/mol. The predicted molar refractivity (Wildman–Crippen MR) is 96.2 cm³/mol. The molecule has 1 atom stereocenters. The first kappa shape index (κ1) is 21.4. The molecule has 0 saturated carbocycles. The van der Waals surface area contributed by atoms with Gasteiger partial charge in [-0.25, -0.2) is 9.67 Å². The number of carbonyl (C=O) groups is 1. The van der Waals surface area contributed by atoms with Crippen molar-refractivity contribution in [2.75, 3.05) is 5.32 Å². The van der Waals surface area contributed by atoms with Crippen LogP contribution in [0.1, 0.15) is 32.3 Å². The van der Waals surface area contributed by atoms with Crippen molar-refractivity contribution in [1.82, 2.24) is 14.8 Å². The summed E-state index contributed by atoms with van der Waals surface area (Å²) in [6.07, 6.45) is 4.70. The number of nitrogens with zero attached hydrogens (tertiary/aromatic N) is 3. The van der Waals surface area contributed by atoms with Crippen LogP contribution in [0.3, 0.4) is 0 Å². The Bertz CT molecular complexity index is 584. The molecule has 0 fully saturated rings. The molecule has 0 saturated heterocycles. The van der Waals surface area contributed by atoms with Gasteiger partial charge in [0, 0.05) is 5.69 Å². The molecule has 3 N–H and O–H groups in total. The van der Waals surface area contributed by atoms with Gasteiger partial charge in [-0.05, 0) is 31.0 Å². The third kappa shape index (κ3) is 6.17. The molecule has 1 amide bonds. The maximum absolute atomic E-state index is 12.1. The average Bonchev–Trinajstić information content (AvgIpc) is 2.94. The van der Waals surface area contributed by atoms with Crippen LogP contribution in [0, 0.1) is 0 Å². The lowest BCUT2D eigenvalue weighted by Crippen LogP contribution is -2.48. The molecule has 0 spiro atoms. The van der Waals surface area contributed by atoms with E-state index < -0.39 is 5.54 Å². The number of carbonyl (C=O) groups excluding carboxylic acids is 1. The fourth-order valence-electron chi connectivity index (χ4n) is 2.10. The van der Waals surface area contributed by atoms with Gasteiger partial charge in [0.15, 0.2) is 0 Å².